The van der Waals surface area contributed by atoms with Gasteiger partial charge >= 0.3 is 0 Å². The molecule has 0 fully saturated rings. The van der Waals surface area contributed by atoms with Crippen LogP contribution < -0.4 is 11.1 Å². The van der Waals surface area contributed by atoms with Crippen LogP contribution in [0.3, 0.4) is 0 Å². The first-order valence-corrected chi connectivity index (χ1v) is 9.48. The van der Waals surface area contributed by atoms with E-state index in [4.69, 9.17) is 10.7 Å². The minimum absolute atomic E-state index is 0.330. The van der Waals surface area contributed by atoms with Gasteiger partial charge in [0.2, 0.25) is 5.95 Å². The molecule has 0 saturated carbocycles. The molecule has 3 aromatic rings. The molecule has 4 rings (SSSR count). The molecule has 3 N–H and O–H groups in total. The van der Waals surface area contributed by atoms with Crippen molar-refractivity contribution in [3.63, 3.8) is 0 Å². The van der Waals surface area contributed by atoms with Gasteiger partial charge in [-0.15, -0.1) is 0 Å². The topological polar surface area (TPSA) is 98.7 Å². The van der Waals surface area contributed by atoms with E-state index in [1.807, 2.05) is 38.4 Å². The number of hydrogen-bond acceptors (Lipinski definition) is 5. The van der Waals surface area contributed by atoms with E-state index in [2.05, 4.69) is 31.3 Å². The molecule has 0 aliphatic heterocycles. The van der Waals surface area contributed by atoms with Gasteiger partial charge in [0.15, 0.2) is 5.69 Å². The normalized spacial score (nSPS) is 12.9. The van der Waals surface area contributed by atoms with E-state index in [0.29, 0.717) is 11.6 Å². The van der Waals surface area contributed by atoms with Crippen LogP contribution >= 0.6 is 15.9 Å². The third-order valence-electron chi connectivity index (χ3n) is 4.79. The van der Waals surface area contributed by atoms with Gasteiger partial charge in [0.05, 0.1) is 11.4 Å². The van der Waals surface area contributed by atoms with Gasteiger partial charge in [0.1, 0.15) is 0 Å². The number of benzene rings is 1. The molecule has 8 heteroatoms. The third-order valence-corrected chi connectivity index (χ3v) is 5.28. The average molecular weight is 427 g/mol. The smallest absolute Gasteiger partial charge is 0.269 e. The van der Waals surface area contributed by atoms with Gasteiger partial charge in [0.25, 0.3) is 5.91 Å². The summed E-state index contributed by atoms with van der Waals surface area (Å²) < 4.78 is 2.67. The van der Waals surface area contributed by atoms with Crippen molar-refractivity contribution in [2.24, 2.45) is 12.8 Å². The number of hydrogen-bond donors (Lipinski definition) is 2. The van der Waals surface area contributed by atoms with Gasteiger partial charge in [-0.3, -0.25) is 9.48 Å². The second-order valence-electron chi connectivity index (χ2n) is 6.67. The number of amides is 1. The van der Waals surface area contributed by atoms with Crippen molar-refractivity contribution in [2.45, 2.75) is 26.2 Å². The van der Waals surface area contributed by atoms with E-state index in [9.17, 15) is 4.79 Å². The van der Waals surface area contributed by atoms with Crippen LogP contribution in [-0.2, 0) is 19.9 Å². The van der Waals surface area contributed by atoms with Crippen LogP contribution in [0.4, 0.5) is 11.6 Å². The highest BCUT2D eigenvalue weighted by Gasteiger charge is 2.26. The second-order valence-corrected chi connectivity index (χ2v) is 7.58. The molecule has 7 nitrogen and oxygen atoms in total. The molecule has 2 heterocycles. The number of aromatic nitrogens is 4. The Balaban J connectivity index is 1.81. The lowest BCUT2D eigenvalue weighted by Gasteiger charge is -2.12. The fourth-order valence-electron chi connectivity index (χ4n) is 3.46. The first kappa shape index (κ1) is 17.7. The molecule has 138 valence electrons. The van der Waals surface area contributed by atoms with E-state index >= 15 is 0 Å². The van der Waals surface area contributed by atoms with E-state index in [1.165, 1.54) is 0 Å². The van der Waals surface area contributed by atoms with Crippen LogP contribution in [0.5, 0.6) is 0 Å². The number of fused-ring (bicyclic) bond motifs is 3. The maximum atomic E-state index is 11.8. The lowest BCUT2D eigenvalue weighted by atomic mass is 10.1. The number of carbonyl (C=O) groups is 1. The zero-order valence-corrected chi connectivity index (χ0v) is 16.7. The fourth-order valence-corrected chi connectivity index (χ4v) is 3.82. The third kappa shape index (κ3) is 3.21. The number of aryl methyl sites for hydroxylation is 3. The minimum atomic E-state index is -0.507. The number of nitrogens with zero attached hydrogens (tertiary/aromatic N) is 4. The summed E-state index contributed by atoms with van der Waals surface area (Å²) in [4.78, 5) is 21.0. The summed E-state index contributed by atoms with van der Waals surface area (Å²) in [5.74, 6) is -0.00269. The molecule has 2 aromatic heterocycles. The molecular formula is C19H19BrN6O. The Kier molecular flexibility index (Phi) is 4.43. The Morgan fingerprint density at radius 1 is 1.33 bits per heavy atom. The summed E-state index contributed by atoms with van der Waals surface area (Å²) in [6.07, 6.45) is 4.33. The molecule has 0 bridgehead atoms. The lowest BCUT2D eigenvalue weighted by molar-refractivity contribution is 0.0994. The van der Waals surface area contributed by atoms with Gasteiger partial charge in [-0.25, -0.2) is 9.97 Å². The Morgan fingerprint density at radius 3 is 2.93 bits per heavy atom. The van der Waals surface area contributed by atoms with Crippen LogP contribution in [0.15, 0.2) is 28.9 Å². The number of rotatable bonds is 3. The van der Waals surface area contributed by atoms with E-state index in [1.54, 1.807) is 4.68 Å². The predicted molar refractivity (Wildman–Crippen MR) is 107 cm³/mol. The van der Waals surface area contributed by atoms with Crippen molar-refractivity contribution in [1.29, 1.82) is 0 Å². The van der Waals surface area contributed by atoms with Gasteiger partial charge in [-0.1, -0.05) is 22.0 Å². The number of primary amides is 1. The van der Waals surface area contributed by atoms with E-state index in [0.717, 1.165) is 57.5 Å². The van der Waals surface area contributed by atoms with Crippen LogP contribution in [-0.4, -0.2) is 25.7 Å². The van der Waals surface area contributed by atoms with Gasteiger partial charge in [0, 0.05) is 29.0 Å². The second kappa shape index (κ2) is 6.77. The van der Waals surface area contributed by atoms with Crippen molar-refractivity contribution in [2.75, 3.05) is 5.32 Å². The summed E-state index contributed by atoms with van der Waals surface area (Å²) in [5.41, 5.74) is 11.4. The van der Waals surface area contributed by atoms with Crippen molar-refractivity contribution in [3.8, 4) is 11.4 Å². The van der Waals surface area contributed by atoms with E-state index < -0.39 is 5.91 Å². The Morgan fingerprint density at radius 2 is 2.15 bits per heavy atom. The molecule has 0 saturated heterocycles. The summed E-state index contributed by atoms with van der Waals surface area (Å²) in [6, 6.07) is 6.00. The van der Waals surface area contributed by atoms with Crippen molar-refractivity contribution < 1.29 is 4.79 Å². The first-order chi connectivity index (χ1) is 12.9. The molecule has 1 aliphatic carbocycles. The van der Waals surface area contributed by atoms with Crippen molar-refractivity contribution in [3.05, 3.63) is 51.3 Å². The van der Waals surface area contributed by atoms with Gasteiger partial charge in [-0.2, -0.15) is 5.10 Å². The molecular weight excluding hydrogens is 408 g/mol. The Labute approximate surface area is 165 Å². The molecule has 27 heavy (non-hydrogen) atoms. The Hall–Kier alpha value is -2.74. The fraction of sp³-hybridized carbons (Fsp3) is 0.263. The molecule has 1 amide bonds. The molecule has 0 atom stereocenters. The predicted octanol–water partition coefficient (Wildman–Crippen LogP) is 3.28. The van der Waals surface area contributed by atoms with Crippen LogP contribution in [0.25, 0.3) is 11.4 Å². The quantitative estimate of drug-likeness (QED) is 0.669. The lowest BCUT2D eigenvalue weighted by Crippen LogP contribution is -2.14. The number of halogens is 1. The number of carbonyl (C=O) groups excluding carboxylic acids is 1. The highest BCUT2D eigenvalue weighted by Crippen LogP contribution is 2.33. The Bertz CT molecular complexity index is 1060. The van der Waals surface area contributed by atoms with Crippen molar-refractivity contribution >= 4 is 33.5 Å². The molecule has 0 spiro atoms. The monoisotopic (exact) mass is 426 g/mol. The van der Waals surface area contributed by atoms with E-state index in [-0.39, 0.29) is 0 Å². The summed E-state index contributed by atoms with van der Waals surface area (Å²) >= 11 is 3.49. The molecule has 0 unspecified atom stereocenters. The molecule has 1 aliphatic rings. The van der Waals surface area contributed by atoms with Crippen LogP contribution in [0, 0.1) is 6.92 Å². The SMILES string of the molecule is Cc1ccc(Br)cc1Nc1ncc2c(n1)-c1c(c(C(N)=O)nn1C)CCC2. The largest absolute Gasteiger partial charge is 0.364 e. The van der Waals surface area contributed by atoms with Gasteiger partial charge < -0.3 is 11.1 Å². The highest BCUT2D eigenvalue weighted by atomic mass is 79.9. The summed E-state index contributed by atoms with van der Waals surface area (Å²) in [7, 11) is 1.81. The maximum absolute atomic E-state index is 11.8. The maximum Gasteiger partial charge on any atom is 0.269 e. The zero-order valence-electron chi connectivity index (χ0n) is 15.1. The highest BCUT2D eigenvalue weighted by molar-refractivity contribution is 9.10. The molecule has 0 radical (unpaired) electrons. The summed E-state index contributed by atoms with van der Waals surface area (Å²) in [6.45, 7) is 2.02. The standard InChI is InChI=1S/C19H19BrN6O/c1-10-6-7-12(20)8-14(10)23-19-22-9-11-4-3-5-13-16(18(21)27)25-26(2)17(13)15(11)24-19/h6-9H,3-5H2,1-2H3,(H2,21,27)(H,22,23,24). The molecule has 1 aromatic carbocycles. The van der Waals surface area contributed by atoms with Crippen LogP contribution in [0.1, 0.15) is 33.6 Å². The average Bonchev–Trinajstić information content (AvgIpc) is 2.84. The summed E-state index contributed by atoms with van der Waals surface area (Å²) in [5, 5.41) is 7.62. The van der Waals surface area contributed by atoms with Crippen LogP contribution in [0.2, 0.25) is 0 Å². The number of anilines is 2. The van der Waals surface area contributed by atoms with Crippen molar-refractivity contribution in [1.82, 2.24) is 19.7 Å². The number of nitrogens with two attached hydrogens (primary N) is 1. The number of nitrogens with one attached hydrogen (secondary N) is 1. The minimum Gasteiger partial charge on any atom is -0.364 e. The zero-order chi connectivity index (χ0) is 19.1. The first-order valence-electron chi connectivity index (χ1n) is 8.69. The van der Waals surface area contributed by atoms with Gasteiger partial charge in [-0.05, 0) is 49.4 Å².